The fourth-order valence-corrected chi connectivity index (χ4v) is 1.13. The van der Waals surface area contributed by atoms with Gasteiger partial charge in [0.2, 0.25) is 0 Å². The summed E-state index contributed by atoms with van der Waals surface area (Å²) in [6.07, 6.45) is 4.55. The molecule has 0 radical (unpaired) electrons. The lowest BCUT2D eigenvalue weighted by Gasteiger charge is -2.08. The standard InChI is InChI=1S/C8H15N3O/c1-11-5-8(4-10-11)2-7(3-9)6-12/h4-5,7,12H,2-3,6,9H2,1H3/t7-/m1/s1. The number of nitrogens with zero attached hydrogens (tertiary/aromatic N) is 2. The first-order chi connectivity index (χ1) is 5.76. The zero-order chi connectivity index (χ0) is 8.97. The number of hydrogen-bond acceptors (Lipinski definition) is 3. The van der Waals surface area contributed by atoms with Crippen molar-refractivity contribution in [1.29, 1.82) is 0 Å². The second-order valence-electron chi connectivity index (χ2n) is 3.01. The monoisotopic (exact) mass is 169 g/mol. The zero-order valence-corrected chi connectivity index (χ0v) is 7.27. The van der Waals surface area contributed by atoms with Crippen molar-refractivity contribution in [2.75, 3.05) is 13.2 Å². The topological polar surface area (TPSA) is 64.1 Å². The van der Waals surface area contributed by atoms with Gasteiger partial charge in [-0.1, -0.05) is 0 Å². The maximum absolute atomic E-state index is 8.89. The van der Waals surface area contributed by atoms with Gasteiger partial charge in [-0.2, -0.15) is 5.10 Å². The SMILES string of the molecule is Cn1cc(C[C@H](CN)CO)cn1. The summed E-state index contributed by atoms with van der Waals surface area (Å²) >= 11 is 0. The summed E-state index contributed by atoms with van der Waals surface area (Å²) in [5.74, 6) is 0.161. The second-order valence-corrected chi connectivity index (χ2v) is 3.01. The Morgan fingerprint density at radius 3 is 2.92 bits per heavy atom. The molecule has 4 nitrogen and oxygen atoms in total. The molecule has 1 aromatic rings. The number of aliphatic hydroxyl groups is 1. The summed E-state index contributed by atoms with van der Waals surface area (Å²) in [5, 5.41) is 12.9. The Hall–Kier alpha value is -0.870. The van der Waals surface area contributed by atoms with Gasteiger partial charge in [-0.3, -0.25) is 4.68 Å². The lowest BCUT2D eigenvalue weighted by molar-refractivity contribution is 0.230. The number of aromatic nitrogens is 2. The number of aryl methyl sites for hydroxylation is 1. The fourth-order valence-electron chi connectivity index (χ4n) is 1.13. The molecule has 0 aliphatic heterocycles. The maximum atomic E-state index is 8.89. The van der Waals surface area contributed by atoms with E-state index < -0.39 is 0 Å². The van der Waals surface area contributed by atoms with Crippen molar-refractivity contribution in [3.63, 3.8) is 0 Å². The van der Waals surface area contributed by atoms with E-state index in [0.29, 0.717) is 6.54 Å². The van der Waals surface area contributed by atoms with Gasteiger partial charge in [-0.15, -0.1) is 0 Å². The first kappa shape index (κ1) is 9.22. The Morgan fingerprint density at radius 1 is 1.75 bits per heavy atom. The van der Waals surface area contributed by atoms with E-state index in [-0.39, 0.29) is 12.5 Å². The average Bonchev–Trinajstić information content (AvgIpc) is 2.47. The quantitative estimate of drug-likeness (QED) is 0.640. The van der Waals surface area contributed by atoms with Gasteiger partial charge in [-0.25, -0.2) is 0 Å². The highest BCUT2D eigenvalue weighted by Crippen LogP contribution is 2.05. The van der Waals surface area contributed by atoms with Crippen molar-refractivity contribution >= 4 is 0 Å². The molecule has 0 aliphatic carbocycles. The third-order valence-electron chi connectivity index (χ3n) is 1.87. The van der Waals surface area contributed by atoms with Crippen LogP contribution in [0.15, 0.2) is 12.4 Å². The molecular formula is C8H15N3O. The third kappa shape index (κ3) is 2.32. The Labute approximate surface area is 72.0 Å². The van der Waals surface area contributed by atoms with Crippen LogP contribution in [0, 0.1) is 5.92 Å². The van der Waals surface area contributed by atoms with Crippen LogP contribution in [0.5, 0.6) is 0 Å². The Bertz CT molecular complexity index is 230. The molecule has 0 aromatic carbocycles. The fraction of sp³-hybridized carbons (Fsp3) is 0.625. The van der Waals surface area contributed by atoms with Gasteiger partial charge in [0.05, 0.1) is 6.20 Å². The first-order valence-electron chi connectivity index (χ1n) is 4.04. The van der Waals surface area contributed by atoms with Gasteiger partial charge in [0, 0.05) is 19.9 Å². The lowest BCUT2D eigenvalue weighted by Crippen LogP contribution is -2.20. The van der Waals surface area contributed by atoms with Crippen LogP contribution in [-0.2, 0) is 13.5 Å². The molecule has 0 aliphatic rings. The molecule has 1 rings (SSSR count). The average molecular weight is 169 g/mol. The predicted octanol–water partition coefficient (Wildman–Crippen LogP) is -0.470. The molecule has 1 aromatic heterocycles. The molecule has 0 fully saturated rings. The number of aliphatic hydroxyl groups excluding tert-OH is 1. The van der Waals surface area contributed by atoms with Crippen LogP contribution in [0.25, 0.3) is 0 Å². The number of hydrogen-bond donors (Lipinski definition) is 2. The Kier molecular flexibility index (Phi) is 3.25. The minimum Gasteiger partial charge on any atom is -0.396 e. The van der Waals surface area contributed by atoms with Crippen molar-refractivity contribution in [3.8, 4) is 0 Å². The molecule has 1 atom stereocenters. The van der Waals surface area contributed by atoms with E-state index in [9.17, 15) is 0 Å². The maximum Gasteiger partial charge on any atom is 0.0521 e. The van der Waals surface area contributed by atoms with Crippen LogP contribution in [-0.4, -0.2) is 28.0 Å². The molecule has 0 unspecified atom stereocenters. The largest absolute Gasteiger partial charge is 0.396 e. The van der Waals surface area contributed by atoms with E-state index >= 15 is 0 Å². The summed E-state index contributed by atoms with van der Waals surface area (Å²) in [6, 6.07) is 0. The van der Waals surface area contributed by atoms with Crippen LogP contribution < -0.4 is 5.73 Å². The highest BCUT2D eigenvalue weighted by molar-refractivity contribution is 5.04. The summed E-state index contributed by atoms with van der Waals surface area (Å²) in [5.41, 5.74) is 6.58. The summed E-state index contributed by atoms with van der Waals surface area (Å²) in [7, 11) is 1.87. The van der Waals surface area contributed by atoms with Crippen LogP contribution in [0.1, 0.15) is 5.56 Å². The Morgan fingerprint density at radius 2 is 2.50 bits per heavy atom. The molecular weight excluding hydrogens is 154 g/mol. The minimum absolute atomic E-state index is 0.144. The van der Waals surface area contributed by atoms with E-state index in [1.807, 2.05) is 13.2 Å². The molecule has 0 saturated carbocycles. The molecule has 0 amide bonds. The molecule has 0 saturated heterocycles. The molecule has 1 heterocycles. The molecule has 0 spiro atoms. The highest BCUT2D eigenvalue weighted by Gasteiger charge is 2.06. The van der Waals surface area contributed by atoms with E-state index in [2.05, 4.69) is 5.10 Å². The van der Waals surface area contributed by atoms with Crippen molar-refractivity contribution in [2.24, 2.45) is 18.7 Å². The van der Waals surface area contributed by atoms with Gasteiger partial charge in [0.25, 0.3) is 0 Å². The van der Waals surface area contributed by atoms with Crippen LogP contribution in [0.2, 0.25) is 0 Å². The third-order valence-corrected chi connectivity index (χ3v) is 1.87. The van der Waals surface area contributed by atoms with Crippen LogP contribution >= 0.6 is 0 Å². The number of rotatable bonds is 4. The smallest absolute Gasteiger partial charge is 0.0521 e. The Balaban J connectivity index is 2.50. The van der Waals surface area contributed by atoms with E-state index in [0.717, 1.165) is 12.0 Å². The molecule has 0 bridgehead atoms. The molecule has 4 heteroatoms. The van der Waals surface area contributed by atoms with Gasteiger partial charge >= 0.3 is 0 Å². The zero-order valence-electron chi connectivity index (χ0n) is 7.27. The van der Waals surface area contributed by atoms with Crippen molar-refractivity contribution in [3.05, 3.63) is 18.0 Å². The summed E-state index contributed by atoms with van der Waals surface area (Å²) < 4.78 is 1.75. The van der Waals surface area contributed by atoms with Crippen molar-refractivity contribution in [1.82, 2.24) is 9.78 Å². The van der Waals surface area contributed by atoms with E-state index in [4.69, 9.17) is 10.8 Å². The van der Waals surface area contributed by atoms with Gasteiger partial charge in [0.15, 0.2) is 0 Å². The van der Waals surface area contributed by atoms with E-state index in [1.54, 1.807) is 10.9 Å². The second kappa shape index (κ2) is 4.23. The van der Waals surface area contributed by atoms with Crippen molar-refractivity contribution in [2.45, 2.75) is 6.42 Å². The minimum atomic E-state index is 0.144. The van der Waals surface area contributed by atoms with Crippen molar-refractivity contribution < 1.29 is 5.11 Å². The summed E-state index contributed by atoms with van der Waals surface area (Å²) in [4.78, 5) is 0. The summed E-state index contributed by atoms with van der Waals surface area (Å²) in [6.45, 7) is 0.663. The predicted molar refractivity (Wildman–Crippen MR) is 46.5 cm³/mol. The lowest BCUT2D eigenvalue weighted by atomic mass is 10.0. The van der Waals surface area contributed by atoms with Gasteiger partial charge in [0.1, 0.15) is 0 Å². The molecule has 3 N–H and O–H groups in total. The highest BCUT2D eigenvalue weighted by atomic mass is 16.3. The molecule has 12 heavy (non-hydrogen) atoms. The van der Waals surface area contributed by atoms with Crippen LogP contribution in [0.4, 0.5) is 0 Å². The van der Waals surface area contributed by atoms with E-state index in [1.165, 1.54) is 0 Å². The van der Waals surface area contributed by atoms with Crippen LogP contribution in [0.3, 0.4) is 0 Å². The first-order valence-corrected chi connectivity index (χ1v) is 4.04. The normalized spacial score (nSPS) is 13.2. The number of nitrogens with two attached hydrogens (primary N) is 1. The molecule has 68 valence electrons. The van der Waals surface area contributed by atoms with Gasteiger partial charge < -0.3 is 10.8 Å². The van der Waals surface area contributed by atoms with Gasteiger partial charge in [-0.05, 0) is 24.4 Å².